The number of quaternary nitrogens is 1. The zero-order chi connectivity index (χ0) is 39.4. The standard InChI is InChI=1S/C37H73O7P.C5H14NO/c1-3-5-7-9-11-13-15-17-19-20-22-24-26-28-30-32-35(39)37(36(40)34-38,44-45(41,42)43)33-31-29-27-25-23-21-18-16-14-12-10-8-6-4-2;1-6(2,3)4-5-7/h17,19,36,38,40H,3-16,18,20-34H2,1-2H3,(H2,41,42,43);7H,4-5H2,1-3H3/q;+1/b19-17-;. The van der Waals surface area contributed by atoms with Crippen LogP contribution >= 0.6 is 7.82 Å². The Morgan fingerprint density at radius 1 is 0.635 bits per heavy atom. The lowest BCUT2D eigenvalue weighted by atomic mass is 9.84. The maximum atomic E-state index is 13.3. The molecule has 0 aliphatic rings. The number of allylic oxidation sites excluding steroid dienone is 2. The third kappa shape index (κ3) is 35.1. The summed E-state index contributed by atoms with van der Waals surface area (Å²) in [6.07, 6.45) is 33.9. The van der Waals surface area contributed by atoms with Crippen LogP contribution < -0.4 is 0 Å². The number of unbranched alkanes of at least 4 members (excludes halogenated alkanes) is 24. The molecule has 0 heterocycles. The van der Waals surface area contributed by atoms with E-state index >= 15 is 0 Å². The molecule has 52 heavy (non-hydrogen) atoms. The Balaban J connectivity index is 0. The van der Waals surface area contributed by atoms with Crippen molar-refractivity contribution in [3.8, 4) is 0 Å². The molecule has 0 aromatic heterocycles. The van der Waals surface area contributed by atoms with Crippen LogP contribution in [0.25, 0.3) is 0 Å². The van der Waals surface area contributed by atoms with Crippen molar-refractivity contribution in [1.29, 1.82) is 0 Å². The number of phosphoric acid groups is 1. The molecule has 0 amide bonds. The second-order valence-electron chi connectivity index (χ2n) is 16.0. The molecule has 0 spiro atoms. The molecule has 0 radical (unpaired) electrons. The molecule has 0 aromatic rings. The number of aliphatic hydroxyl groups is 3. The molecule has 5 N–H and O–H groups in total. The molecular formula is C42H87NO8P+. The molecular weight excluding hydrogens is 677 g/mol. The normalized spacial score (nSPS) is 14.0. The van der Waals surface area contributed by atoms with Crippen molar-refractivity contribution in [2.75, 3.05) is 40.9 Å². The SMILES string of the molecule is CCCCCCCC/C=C\CCCCCCCC(=O)C(CCCCCCCCCCCCCCCC)(OP(=O)(O)O)C(O)CO.C[N+](C)(C)CCO. The number of hydrogen-bond donors (Lipinski definition) is 5. The summed E-state index contributed by atoms with van der Waals surface area (Å²) in [5, 5.41) is 28.7. The first-order chi connectivity index (χ1) is 24.8. The minimum absolute atomic E-state index is 0.0121. The predicted molar refractivity (Wildman–Crippen MR) is 218 cm³/mol. The van der Waals surface area contributed by atoms with Crippen LogP contribution in [0.2, 0.25) is 0 Å². The monoisotopic (exact) mass is 765 g/mol. The summed E-state index contributed by atoms with van der Waals surface area (Å²) in [4.78, 5) is 32.5. The number of carbonyl (C=O) groups is 1. The molecule has 9 nitrogen and oxygen atoms in total. The van der Waals surface area contributed by atoms with Gasteiger partial charge in [-0.05, 0) is 44.9 Å². The van der Waals surface area contributed by atoms with Crippen molar-refractivity contribution < 1.29 is 43.5 Å². The predicted octanol–water partition coefficient (Wildman–Crippen LogP) is 10.4. The fourth-order valence-corrected chi connectivity index (χ4v) is 7.20. The summed E-state index contributed by atoms with van der Waals surface area (Å²) in [6.45, 7) is 4.80. The minimum Gasteiger partial charge on any atom is -0.394 e. The average Bonchev–Trinajstić information content (AvgIpc) is 3.08. The van der Waals surface area contributed by atoms with Gasteiger partial charge in [0, 0.05) is 6.42 Å². The summed E-state index contributed by atoms with van der Waals surface area (Å²) in [5.74, 6) is -0.528. The van der Waals surface area contributed by atoms with Crippen LogP contribution in [0.1, 0.15) is 200 Å². The number of nitrogens with zero attached hydrogens (tertiary/aromatic N) is 1. The lowest BCUT2D eigenvalue weighted by Crippen LogP contribution is -2.52. The third-order valence-corrected chi connectivity index (χ3v) is 10.4. The van der Waals surface area contributed by atoms with Crippen LogP contribution in [0.15, 0.2) is 12.2 Å². The first-order valence-corrected chi connectivity index (χ1v) is 23.0. The van der Waals surface area contributed by atoms with Crippen LogP contribution in [-0.2, 0) is 13.9 Å². The van der Waals surface area contributed by atoms with E-state index in [1.807, 2.05) is 0 Å². The van der Waals surface area contributed by atoms with Gasteiger partial charge in [-0.1, -0.05) is 161 Å². The molecule has 2 atom stereocenters. The van der Waals surface area contributed by atoms with Gasteiger partial charge in [0.05, 0.1) is 34.4 Å². The zero-order valence-corrected chi connectivity index (χ0v) is 35.6. The van der Waals surface area contributed by atoms with Crippen LogP contribution in [0.3, 0.4) is 0 Å². The number of Topliss-reactive ketones (excluding diaryl/α,β-unsaturated/α-hetero) is 1. The second kappa shape index (κ2) is 36.0. The van der Waals surface area contributed by atoms with E-state index in [4.69, 9.17) is 9.63 Å². The van der Waals surface area contributed by atoms with Gasteiger partial charge in [0.15, 0.2) is 11.4 Å². The van der Waals surface area contributed by atoms with Crippen LogP contribution in [0, 0.1) is 0 Å². The number of likely N-dealkylation sites (N-methyl/N-ethyl adjacent to an activating group) is 1. The number of carbonyl (C=O) groups excluding carboxylic acids is 1. The Morgan fingerprint density at radius 3 is 1.33 bits per heavy atom. The number of ketones is 1. The first kappa shape index (κ1) is 53.5. The zero-order valence-electron chi connectivity index (χ0n) is 34.7. The molecule has 0 aliphatic carbocycles. The van der Waals surface area contributed by atoms with Gasteiger partial charge in [0.1, 0.15) is 12.6 Å². The highest BCUT2D eigenvalue weighted by atomic mass is 31.2. The smallest absolute Gasteiger partial charge is 0.394 e. The summed E-state index contributed by atoms with van der Waals surface area (Å²) >= 11 is 0. The molecule has 0 bridgehead atoms. The van der Waals surface area contributed by atoms with Crippen LogP contribution in [0.5, 0.6) is 0 Å². The van der Waals surface area contributed by atoms with E-state index < -0.39 is 31.9 Å². The van der Waals surface area contributed by atoms with Gasteiger partial charge in [-0.25, -0.2) is 4.57 Å². The molecule has 10 heteroatoms. The lowest BCUT2D eigenvalue weighted by molar-refractivity contribution is -0.870. The van der Waals surface area contributed by atoms with Gasteiger partial charge in [-0.2, -0.15) is 0 Å². The molecule has 0 saturated carbocycles. The highest BCUT2D eigenvalue weighted by Crippen LogP contribution is 2.45. The van der Waals surface area contributed by atoms with Crippen molar-refractivity contribution in [3.63, 3.8) is 0 Å². The van der Waals surface area contributed by atoms with Crippen LogP contribution in [0.4, 0.5) is 0 Å². The molecule has 0 aromatic carbocycles. The molecule has 0 saturated heterocycles. The highest BCUT2D eigenvalue weighted by Gasteiger charge is 2.49. The Bertz CT molecular complexity index is 859. The minimum atomic E-state index is -5.07. The van der Waals surface area contributed by atoms with E-state index in [0.717, 1.165) is 75.2 Å². The molecule has 0 rings (SSSR count). The fraction of sp³-hybridized carbons (Fsp3) is 0.929. The van der Waals surface area contributed by atoms with E-state index in [1.54, 1.807) is 0 Å². The van der Waals surface area contributed by atoms with Crippen molar-refractivity contribution in [2.45, 2.75) is 212 Å². The number of hydrogen-bond acceptors (Lipinski definition) is 6. The summed E-state index contributed by atoms with van der Waals surface area (Å²) in [7, 11) is 1.09. The Labute approximate surface area is 321 Å². The van der Waals surface area contributed by atoms with Crippen molar-refractivity contribution in [2.24, 2.45) is 0 Å². The van der Waals surface area contributed by atoms with E-state index in [2.05, 4.69) is 47.1 Å². The molecule has 0 fully saturated rings. The van der Waals surface area contributed by atoms with Crippen LogP contribution in [-0.4, -0.2) is 88.0 Å². The van der Waals surface area contributed by atoms with Crippen molar-refractivity contribution >= 4 is 13.6 Å². The number of phosphoric ester groups is 1. The largest absolute Gasteiger partial charge is 0.470 e. The molecule has 312 valence electrons. The highest BCUT2D eigenvalue weighted by molar-refractivity contribution is 7.46. The molecule has 2 unspecified atom stereocenters. The van der Waals surface area contributed by atoms with Gasteiger partial charge in [-0.3, -0.25) is 9.32 Å². The maximum Gasteiger partial charge on any atom is 0.470 e. The topological polar surface area (TPSA) is 145 Å². The van der Waals surface area contributed by atoms with Crippen molar-refractivity contribution in [1.82, 2.24) is 0 Å². The lowest BCUT2D eigenvalue weighted by Gasteiger charge is -2.35. The number of rotatable bonds is 37. The van der Waals surface area contributed by atoms with E-state index in [-0.39, 0.29) is 19.4 Å². The summed E-state index contributed by atoms with van der Waals surface area (Å²) < 4.78 is 17.7. The Kier molecular flexibility index (Phi) is 37.0. The average molecular weight is 765 g/mol. The number of aliphatic hydroxyl groups excluding tert-OH is 3. The maximum absolute atomic E-state index is 13.3. The Morgan fingerprint density at radius 2 is 1.00 bits per heavy atom. The quantitative estimate of drug-likeness (QED) is 0.0182. The van der Waals surface area contributed by atoms with Gasteiger partial charge >= 0.3 is 7.82 Å². The second-order valence-corrected chi connectivity index (χ2v) is 17.2. The van der Waals surface area contributed by atoms with Crippen molar-refractivity contribution in [3.05, 3.63) is 12.2 Å². The van der Waals surface area contributed by atoms with E-state index in [0.29, 0.717) is 12.8 Å². The fourth-order valence-electron chi connectivity index (χ4n) is 6.46. The van der Waals surface area contributed by atoms with Gasteiger partial charge < -0.3 is 29.6 Å². The molecule has 0 aliphatic heterocycles. The Hall–Kier alpha value is -0.640. The van der Waals surface area contributed by atoms with E-state index in [9.17, 15) is 29.4 Å². The van der Waals surface area contributed by atoms with Gasteiger partial charge in [0.25, 0.3) is 0 Å². The van der Waals surface area contributed by atoms with Gasteiger partial charge in [0.2, 0.25) is 0 Å². The van der Waals surface area contributed by atoms with Gasteiger partial charge in [-0.15, -0.1) is 0 Å². The third-order valence-electron chi connectivity index (χ3n) is 9.80. The summed E-state index contributed by atoms with van der Waals surface area (Å²) in [5.41, 5.74) is -2.08. The summed E-state index contributed by atoms with van der Waals surface area (Å²) in [6, 6.07) is 0. The van der Waals surface area contributed by atoms with E-state index in [1.165, 1.54) is 96.3 Å². The first-order valence-electron chi connectivity index (χ1n) is 21.4.